The molecule has 1 aromatic heterocycles. The van der Waals surface area contributed by atoms with Crippen molar-refractivity contribution in [2.45, 2.75) is 64.4 Å². The van der Waals surface area contributed by atoms with Crippen LogP contribution < -0.4 is 8.61 Å². The smallest absolute Gasteiger partial charge is 0.245 e. The number of hydrogen-bond acceptors (Lipinski definition) is 10. The van der Waals surface area contributed by atoms with E-state index in [2.05, 4.69) is 24.8 Å². The minimum absolute atomic E-state index is 0.00155. The van der Waals surface area contributed by atoms with E-state index in [1.165, 1.54) is 23.9 Å². The van der Waals surface area contributed by atoms with Gasteiger partial charge in [0.15, 0.2) is 0 Å². The Kier molecular flexibility index (Phi) is 10.5. The van der Waals surface area contributed by atoms with E-state index in [-0.39, 0.29) is 30.4 Å². The highest BCUT2D eigenvalue weighted by molar-refractivity contribution is 8.09. The first kappa shape index (κ1) is 32.1. The third-order valence-electron chi connectivity index (χ3n) is 6.34. The molecule has 0 bridgehead atoms. The van der Waals surface area contributed by atoms with Crippen molar-refractivity contribution < 1.29 is 26.7 Å². The van der Waals surface area contributed by atoms with Crippen LogP contribution in [0.5, 0.6) is 0 Å². The maximum absolute atomic E-state index is 12.1. The van der Waals surface area contributed by atoms with Gasteiger partial charge in [-0.15, -0.1) is 11.8 Å². The number of aliphatic hydroxyl groups excluding tert-OH is 1. The fraction of sp³-hybridized carbons (Fsp3) is 0.556. The Morgan fingerprint density at radius 3 is 2.15 bits per heavy atom. The maximum Gasteiger partial charge on any atom is 0.245 e. The SMILES string of the molecule is CC(C)Cc1c(C#N)c(SCCc2ccc(N(S(C)(=O)=O)S(C)(=O)=O)cc2)nc(N2CC(C)OC(C)C2)c1CO. The van der Waals surface area contributed by atoms with Gasteiger partial charge in [0.05, 0.1) is 42.6 Å². The molecule has 3 rings (SSSR count). The standard InChI is InChI=1S/C27H38N4O6S3/c1-18(2)13-23-24(14-28)27(29-26(25(23)17-32)30-15-19(3)37-20(4)16-30)38-12-11-21-7-9-22(10-8-21)31(39(5,33)34)40(6,35)36/h7-10,18-20,32H,11-13,15-17H2,1-6H3. The zero-order valence-electron chi connectivity index (χ0n) is 23.8. The number of morpholine rings is 1. The van der Waals surface area contributed by atoms with E-state index in [0.717, 1.165) is 23.6 Å². The molecule has 10 nitrogen and oxygen atoms in total. The van der Waals surface area contributed by atoms with Crippen molar-refractivity contribution in [2.24, 2.45) is 5.92 Å². The van der Waals surface area contributed by atoms with Gasteiger partial charge < -0.3 is 14.7 Å². The number of hydrogen-bond donors (Lipinski definition) is 1. The summed E-state index contributed by atoms with van der Waals surface area (Å²) in [4.78, 5) is 7.04. The highest BCUT2D eigenvalue weighted by atomic mass is 32.3. The predicted octanol–water partition coefficient (Wildman–Crippen LogP) is 3.32. The molecule has 13 heteroatoms. The minimum Gasteiger partial charge on any atom is -0.392 e. The van der Waals surface area contributed by atoms with Gasteiger partial charge in [0, 0.05) is 24.4 Å². The molecular formula is C27H38N4O6S3. The van der Waals surface area contributed by atoms with Crippen LogP contribution in [0.1, 0.15) is 49.9 Å². The molecule has 2 aromatic rings. The predicted molar refractivity (Wildman–Crippen MR) is 159 cm³/mol. The monoisotopic (exact) mass is 610 g/mol. The lowest BCUT2D eigenvalue weighted by Crippen LogP contribution is -2.46. The lowest BCUT2D eigenvalue weighted by atomic mass is 9.94. The fourth-order valence-electron chi connectivity index (χ4n) is 4.95. The Morgan fingerprint density at radius 2 is 1.68 bits per heavy atom. The second-order valence-corrected chi connectivity index (χ2v) is 15.6. The van der Waals surface area contributed by atoms with Crippen molar-refractivity contribution in [3.63, 3.8) is 0 Å². The summed E-state index contributed by atoms with van der Waals surface area (Å²) in [6.07, 6.45) is 2.91. The quantitative estimate of drug-likeness (QED) is 0.377. The van der Waals surface area contributed by atoms with Crippen LogP contribution in [0.3, 0.4) is 0 Å². The first-order valence-electron chi connectivity index (χ1n) is 13.0. The van der Waals surface area contributed by atoms with Gasteiger partial charge in [-0.25, -0.2) is 21.8 Å². The van der Waals surface area contributed by atoms with Crippen molar-refractivity contribution in [2.75, 3.05) is 40.0 Å². The summed E-state index contributed by atoms with van der Waals surface area (Å²) in [6.45, 7) is 9.21. The van der Waals surface area contributed by atoms with Gasteiger partial charge in [0.25, 0.3) is 0 Å². The van der Waals surface area contributed by atoms with Crippen LogP contribution in [-0.2, 0) is 44.2 Å². The number of rotatable bonds is 11. The topological polar surface area (TPSA) is 141 Å². The first-order valence-corrected chi connectivity index (χ1v) is 17.7. The van der Waals surface area contributed by atoms with Gasteiger partial charge in [-0.3, -0.25) is 0 Å². The molecule has 2 heterocycles. The number of benzene rings is 1. The van der Waals surface area contributed by atoms with Gasteiger partial charge >= 0.3 is 0 Å². The number of ether oxygens (including phenoxy) is 1. The van der Waals surface area contributed by atoms with Crippen molar-refractivity contribution in [3.05, 3.63) is 46.5 Å². The van der Waals surface area contributed by atoms with Gasteiger partial charge in [0.1, 0.15) is 16.9 Å². The molecule has 1 aliphatic rings. The van der Waals surface area contributed by atoms with Crippen LogP contribution in [0.15, 0.2) is 29.3 Å². The highest BCUT2D eigenvalue weighted by Gasteiger charge is 2.29. The molecule has 0 aliphatic carbocycles. The summed E-state index contributed by atoms with van der Waals surface area (Å²) in [5.41, 5.74) is 2.92. The second-order valence-electron chi connectivity index (χ2n) is 10.6. The van der Waals surface area contributed by atoms with E-state index >= 15 is 0 Å². The third kappa shape index (κ3) is 7.88. The van der Waals surface area contributed by atoms with Crippen LogP contribution >= 0.6 is 11.8 Å². The second kappa shape index (κ2) is 13.1. The van der Waals surface area contributed by atoms with E-state index in [9.17, 15) is 27.2 Å². The molecule has 2 unspecified atom stereocenters. The van der Waals surface area contributed by atoms with Crippen LogP contribution in [0.25, 0.3) is 0 Å². The van der Waals surface area contributed by atoms with Gasteiger partial charge in [0.2, 0.25) is 20.0 Å². The average Bonchev–Trinajstić information content (AvgIpc) is 2.82. The normalized spacial score (nSPS) is 18.1. The van der Waals surface area contributed by atoms with Crippen LogP contribution in [0.4, 0.5) is 11.5 Å². The molecule has 0 saturated carbocycles. The van der Waals surface area contributed by atoms with Crippen LogP contribution in [0, 0.1) is 17.2 Å². The lowest BCUT2D eigenvalue weighted by Gasteiger charge is -2.37. The Morgan fingerprint density at radius 1 is 1.10 bits per heavy atom. The molecule has 1 fully saturated rings. The third-order valence-corrected chi connectivity index (χ3v) is 10.6. The van der Waals surface area contributed by atoms with Crippen molar-refractivity contribution in [1.29, 1.82) is 5.26 Å². The number of nitrogens with zero attached hydrogens (tertiary/aromatic N) is 4. The van der Waals surface area contributed by atoms with Crippen molar-refractivity contribution in [1.82, 2.24) is 4.98 Å². The number of thioether (sulfide) groups is 1. The summed E-state index contributed by atoms with van der Waals surface area (Å²) < 4.78 is 54.5. The van der Waals surface area contributed by atoms with E-state index in [0.29, 0.717) is 57.4 Å². The summed E-state index contributed by atoms with van der Waals surface area (Å²) in [6, 6.07) is 8.66. The van der Waals surface area contributed by atoms with Crippen LogP contribution in [-0.4, -0.2) is 70.5 Å². The summed E-state index contributed by atoms with van der Waals surface area (Å²) in [5.74, 6) is 1.54. The first-order chi connectivity index (χ1) is 18.6. The number of aliphatic hydroxyl groups is 1. The van der Waals surface area contributed by atoms with E-state index in [1.54, 1.807) is 12.1 Å². The van der Waals surface area contributed by atoms with E-state index < -0.39 is 20.0 Å². The average molecular weight is 611 g/mol. The Hall–Kier alpha value is -2.37. The number of nitriles is 1. The van der Waals surface area contributed by atoms with Crippen LogP contribution in [0.2, 0.25) is 0 Å². The summed E-state index contributed by atoms with van der Waals surface area (Å²) >= 11 is 1.45. The summed E-state index contributed by atoms with van der Waals surface area (Å²) in [7, 11) is -8.03. The summed E-state index contributed by atoms with van der Waals surface area (Å²) in [5, 5.41) is 21.1. The van der Waals surface area contributed by atoms with Gasteiger partial charge in [-0.2, -0.15) is 8.97 Å². The van der Waals surface area contributed by atoms with Gasteiger partial charge in [-0.1, -0.05) is 26.0 Å². The molecule has 1 aromatic carbocycles. The van der Waals surface area contributed by atoms with Crippen molar-refractivity contribution in [3.8, 4) is 6.07 Å². The Bertz CT molecular complexity index is 1410. The molecule has 2 atom stereocenters. The molecule has 0 radical (unpaired) electrons. The molecule has 0 amide bonds. The largest absolute Gasteiger partial charge is 0.392 e. The van der Waals surface area contributed by atoms with E-state index in [4.69, 9.17) is 9.72 Å². The molecule has 1 aliphatic heterocycles. The fourth-order valence-corrected chi connectivity index (χ4v) is 8.92. The number of aromatic nitrogens is 1. The number of pyridine rings is 1. The number of sulfonamides is 2. The highest BCUT2D eigenvalue weighted by Crippen LogP contribution is 2.35. The molecule has 40 heavy (non-hydrogen) atoms. The molecule has 0 spiro atoms. The molecule has 1 saturated heterocycles. The zero-order valence-corrected chi connectivity index (χ0v) is 26.2. The molecular weight excluding hydrogens is 573 g/mol. The number of anilines is 2. The zero-order chi connectivity index (χ0) is 29.8. The number of aryl methyl sites for hydroxylation is 1. The minimum atomic E-state index is -4.02. The Labute approximate surface area is 242 Å². The molecule has 1 N–H and O–H groups in total. The lowest BCUT2D eigenvalue weighted by molar-refractivity contribution is -0.00561. The van der Waals surface area contributed by atoms with Crippen molar-refractivity contribution >= 4 is 43.3 Å². The maximum atomic E-state index is 12.1. The molecule has 220 valence electrons. The van der Waals surface area contributed by atoms with Gasteiger partial charge in [-0.05, 0) is 55.9 Å². The van der Waals surface area contributed by atoms with E-state index in [1.807, 2.05) is 13.8 Å². The Balaban J connectivity index is 1.90.